The highest BCUT2D eigenvalue weighted by Gasteiger charge is 2.93. The van der Waals surface area contributed by atoms with Gasteiger partial charge >= 0.3 is 17.9 Å². The fourth-order valence-corrected chi connectivity index (χ4v) is 7.13. The molecule has 2 aromatic rings. The van der Waals surface area contributed by atoms with Crippen LogP contribution < -0.4 is 4.90 Å². The lowest BCUT2D eigenvalue weighted by molar-refractivity contribution is -0.204. The number of hydrogen-bond donors (Lipinski definition) is 1. The van der Waals surface area contributed by atoms with Gasteiger partial charge in [0.15, 0.2) is 12.3 Å². The summed E-state index contributed by atoms with van der Waals surface area (Å²) in [6.45, 7) is 5.21. The van der Waals surface area contributed by atoms with E-state index in [9.17, 15) is 28.7 Å². The first kappa shape index (κ1) is 24.5. The van der Waals surface area contributed by atoms with Gasteiger partial charge in [-0.25, -0.2) is 9.18 Å². The van der Waals surface area contributed by atoms with Crippen LogP contribution in [0, 0.1) is 22.1 Å². The molecular formula is C28H26FNO8. The number of ether oxygens (including phenoxy) is 3. The van der Waals surface area contributed by atoms with Crippen LogP contribution in [0.2, 0.25) is 0 Å². The lowest BCUT2D eigenvalue weighted by Gasteiger charge is -2.51. The standard InChI is InChI=1S/C28H26FNO8/c1-25(2,3)27(35)13-18-26(14-19(31)36-18)24(34)38-23-28(26,27)20(37-22(33)15-7-5-4-6-8-15)21(32)30(23)17-11-9-16(29)10-12-17/h4-12,18,20,23,35H,13-14H2,1-3H3/t18-,20-,23-,26-,27+,28+/m0/s1. The van der Waals surface area contributed by atoms with Crippen LogP contribution in [0.5, 0.6) is 0 Å². The van der Waals surface area contributed by atoms with E-state index in [0.717, 1.165) is 17.0 Å². The highest BCUT2D eigenvalue weighted by Crippen LogP contribution is 2.76. The molecule has 0 aromatic heterocycles. The van der Waals surface area contributed by atoms with Crippen molar-refractivity contribution in [2.45, 2.75) is 57.6 Å². The van der Waals surface area contributed by atoms with Crippen molar-refractivity contribution in [1.29, 1.82) is 0 Å². The summed E-state index contributed by atoms with van der Waals surface area (Å²) in [5, 5.41) is 12.6. The lowest BCUT2D eigenvalue weighted by Crippen LogP contribution is -2.66. The Morgan fingerprint density at radius 1 is 1.05 bits per heavy atom. The first-order chi connectivity index (χ1) is 17.9. The van der Waals surface area contributed by atoms with Crippen LogP contribution in [-0.4, -0.2) is 53.0 Å². The van der Waals surface area contributed by atoms with Crippen molar-refractivity contribution in [2.24, 2.45) is 16.2 Å². The zero-order valence-electron chi connectivity index (χ0n) is 21.0. The number of hydrogen-bond acceptors (Lipinski definition) is 8. The van der Waals surface area contributed by atoms with Crippen LogP contribution in [0.1, 0.15) is 44.0 Å². The van der Waals surface area contributed by atoms with Crippen LogP contribution in [0.25, 0.3) is 0 Å². The maximum atomic E-state index is 14.2. The summed E-state index contributed by atoms with van der Waals surface area (Å²) in [4.78, 5) is 55.1. The number of aliphatic hydroxyl groups is 1. The Balaban J connectivity index is 1.62. The zero-order chi connectivity index (χ0) is 27.3. The van der Waals surface area contributed by atoms with Crippen molar-refractivity contribution in [2.75, 3.05) is 4.90 Å². The number of esters is 3. The van der Waals surface area contributed by atoms with E-state index in [1.807, 2.05) is 0 Å². The first-order valence-electron chi connectivity index (χ1n) is 12.4. The summed E-state index contributed by atoms with van der Waals surface area (Å²) < 4.78 is 31.1. The summed E-state index contributed by atoms with van der Waals surface area (Å²) >= 11 is 0. The van der Waals surface area contributed by atoms with Crippen LogP contribution in [0.3, 0.4) is 0 Å². The highest BCUT2D eigenvalue weighted by molar-refractivity contribution is 6.07. The molecule has 2 spiro atoms. The maximum absolute atomic E-state index is 14.2. The minimum absolute atomic E-state index is 0.153. The molecule has 1 amide bonds. The van der Waals surface area contributed by atoms with Crippen molar-refractivity contribution in [3.63, 3.8) is 0 Å². The Morgan fingerprint density at radius 3 is 2.34 bits per heavy atom. The second-order valence-corrected chi connectivity index (χ2v) is 11.4. The van der Waals surface area contributed by atoms with Crippen molar-refractivity contribution < 1.29 is 42.9 Å². The van der Waals surface area contributed by atoms with Gasteiger partial charge in [-0.15, -0.1) is 0 Å². The molecule has 2 aromatic carbocycles. The van der Waals surface area contributed by atoms with Gasteiger partial charge in [0.1, 0.15) is 22.8 Å². The molecule has 198 valence electrons. The summed E-state index contributed by atoms with van der Waals surface area (Å²) in [5.41, 5.74) is -6.26. The van der Waals surface area contributed by atoms with Gasteiger partial charge in [0.05, 0.1) is 17.6 Å². The summed E-state index contributed by atoms with van der Waals surface area (Å²) in [5.74, 6) is -3.66. The molecular weight excluding hydrogens is 497 g/mol. The molecule has 6 atom stereocenters. The summed E-state index contributed by atoms with van der Waals surface area (Å²) in [6.07, 6.45) is -4.89. The van der Waals surface area contributed by atoms with Gasteiger partial charge < -0.3 is 19.3 Å². The number of halogens is 1. The van der Waals surface area contributed by atoms with E-state index in [1.54, 1.807) is 39.0 Å². The number of carbonyl (C=O) groups excluding carboxylic acids is 4. The molecule has 10 heteroatoms. The molecule has 4 fully saturated rings. The Labute approximate surface area is 217 Å². The van der Waals surface area contributed by atoms with Gasteiger partial charge in [-0.3, -0.25) is 19.3 Å². The quantitative estimate of drug-likeness (QED) is 0.482. The van der Waals surface area contributed by atoms with Gasteiger partial charge in [0.2, 0.25) is 0 Å². The Bertz CT molecular complexity index is 1370. The normalized spacial score (nSPS) is 35.4. The Hall–Kier alpha value is -3.79. The van der Waals surface area contributed by atoms with Gasteiger partial charge in [-0.1, -0.05) is 39.0 Å². The van der Waals surface area contributed by atoms with Crippen LogP contribution >= 0.6 is 0 Å². The van der Waals surface area contributed by atoms with Crippen molar-refractivity contribution in [3.05, 3.63) is 66.0 Å². The van der Waals surface area contributed by atoms with Gasteiger partial charge in [-0.2, -0.15) is 0 Å². The summed E-state index contributed by atoms with van der Waals surface area (Å²) in [7, 11) is 0. The molecule has 6 rings (SSSR count). The molecule has 0 unspecified atom stereocenters. The van der Waals surface area contributed by atoms with E-state index in [0.29, 0.717) is 0 Å². The Morgan fingerprint density at radius 2 is 1.71 bits per heavy atom. The average molecular weight is 524 g/mol. The van der Waals surface area contributed by atoms with E-state index < -0.39 is 76.3 Å². The van der Waals surface area contributed by atoms with E-state index in [-0.39, 0.29) is 17.7 Å². The number of rotatable bonds is 3. The van der Waals surface area contributed by atoms with Gasteiger partial charge in [0, 0.05) is 12.1 Å². The van der Waals surface area contributed by atoms with Crippen LogP contribution in [-0.2, 0) is 28.6 Å². The van der Waals surface area contributed by atoms with Crippen LogP contribution in [0.15, 0.2) is 54.6 Å². The topological polar surface area (TPSA) is 119 Å². The van der Waals surface area contributed by atoms with E-state index >= 15 is 0 Å². The van der Waals surface area contributed by atoms with Crippen molar-refractivity contribution >= 4 is 29.5 Å². The number of benzene rings is 2. The molecule has 1 N–H and O–H groups in total. The molecule has 3 aliphatic heterocycles. The monoisotopic (exact) mass is 523 g/mol. The molecule has 1 aliphatic carbocycles. The zero-order valence-corrected chi connectivity index (χ0v) is 21.0. The van der Waals surface area contributed by atoms with Crippen LogP contribution in [0.4, 0.5) is 10.1 Å². The number of carbonyl (C=O) groups is 4. The van der Waals surface area contributed by atoms with E-state index in [1.165, 1.54) is 24.3 Å². The number of anilines is 1. The largest absolute Gasteiger partial charge is 0.461 e. The lowest BCUT2D eigenvalue weighted by atomic mass is 9.52. The molecule has 4 aliphatic rings. The maximum Gasteiger partial charge on any atom is 0.338 e. The third-order valence-corrected chi connectivity index (χ3v) is 8.81. The fraction of sp³-hybridized carbons (Fsp3) is 0.429. The Kier molecular flexibility index (Phi) is 4.93. The molecule has 38 heavy (non-hydrogen) atoms. The van der Waals surface area contributed by atoms with Gasteiger partial charge in [0.25, 0.3) is 5.91 Å². The molecule has 1 saturated carbocycles. The predicted octanol–water partition coefficient (Wildman–Crippen LogP) is 2.75. The molecule has 0 bridgehead atoms. The molecule has 3 saturated heterocycles. The minimum atomic E-state index is -1.91. The fourth-order valence-electron chi connectivity index (χ4n) is 7.13. The SMILES string of the molecule is CC(C)(C)[C@]1(O)C[C@@H]2OC(=O)C[C@@]23C(=O)O[C@@H]2N(c4ccc(F)cc4)C(=O)[C@H](OC(=O)c4ccccc4)[C@]213. The predicted molar refractivity (Wildman–Crippen MR) is 128 cm³/mol. The highest BCUT2D eigenvalue weighted by atomic mass is 19.1. The first-order valence-corrected chi connectivity index (χ1v) is 12.4. The molecule has 3 heterocycles. The smallest absolute Gasteiger partial charge is 0.338 e. The minimum Gasteiger partial charge on any atom is -0.461 e. The average Bonchev–Trinajstić information content (AvgIpc) is 3.47. The molecule has 0 radical (unpaired) electrons. The second-order valence-electron chi connectivity index (χ2n) is 11.4. The third kappa shape index (κ3) is 2.73. The summed E-state index contributed by atoms with van der Waals surface area (Å²) in [6, 6.07) is 12.9. The molecule has 9 nitrogen and oxygen atoms in total. The van der Waals surface area contributed by atoms with Crippen molar-refractivity contribution in [3.8, 4) is 0 Å². The number of amides is 1. The van der Waals surface area contributed by atoms with Gasteiger partial charge in [-0.05, 0) is 41.8 Å². The van der Waals surface area contributed by atoms with E-state index in [2.05, 4.69) is 0 Å². The van der Waals surface area contributed by atoms with E-state index in [4.69, 9.17) is 14.2 Å². The third-order valence-electron chi connectivity index (χ3n) is 8.81. The van der Waals surface area contributed by atoms with Crippen molar-refractivity contribution in [1.82, 2.24) is 0 Å². The second kappa shape index (κ2) is 7.63. The number of nitrogens with zero attached hydrogens (tertiary/aromatic N) is 1.